The summed E-state index contributed by atoms with van der Waals surface area (Å²) in [6.07, 6.45) is 2.47. The molecule has 0 bridgehead atoms. The van der Waals surface area contributed by atoms with Gasteiger partial charge in [0.05, 0.1) is 4.90 Å². The minimum absolute atomic E-state index is 0.171. The molecule has 3 rings (SSSR count). The van der Waals surface area contributed by atoms with Gasteiger partial charge in [0.15, 0.2) is 0 Å². The third-order valence-electron chi connectivity index (χ3n) is 4.73. The number of anilines is 1. The van der Waals surface area contributed by atoms with Crippen LogP contribution in [0, 0.1) is 17.6 Å². The summed E-state index contributed by atoms with van der Waals surface area (Å²) in [5, 5.41) is 2.29. The lowest BCUT2D eigenvalue weighted by Crippen LogP contribution is -2.41. The van der Waals surface area contributed by atoms with Crippen LogP contribution in [0.3, 0.4) is 0 Å². The summed E-state index contributed by atoms with van der Waals surface area (Å²) in [7, 11) is -3.64. The molecule has 2 aromatic rings. The average molecular weight is 427 g/mol. The lowest BCUT2D eigenvalue weighted by atomic mass is 9.97. The molecule has 1 amide bonds. The van der Waals surface area contributed by atoms with Crippen molar-refractivity contribution in [1.82, 2.24) is 4.31 Å². The van der Waals surface area contributed by atoms with Crippen LogP contribution in [0.15, 0.2) is 52.3 Å². The van der Waals surface area contributed by atoms with E-state index in [1.807, 2.05) is 6.26 Å². The largest absolute Gasteiger partial charge is 0.321 e. The Morgan fingerprint density at radius 3 is 2.18 bits per heavy atom. The first-order valence-electron chi connectivity index (χ1n) is 8.72. The van der Waals surface area contributed by atoms with E-state index in [1.54, 1.807) is 24.3 Å². The zero-order chi connectivity index (χ0) is 20.3. The molecule has 1 aliphatic heterocycles. The molecule has 0 saturated carbocycles. The van der Waals surface area contributed by atoms with Gasteiger partial charge < -0.3 is 5.32 Å². The van der Waals surface area contributed by atoms with Gasteiger partial charge in [-0.3, -0.25) is 4.79 Å². The highest BCUT2D eigenvalue weighted by Gasteiger charge is 2.32. The van der Waals surface area contributed by atoms with Gasteiger partial charge in [0.1, 0.15) is 17.3 Å². The molecule has 0 aliphatic carbocycles. The van der Waals surface area contributed by atoms with E-state index in [1.165, 1.54) is 22.1 Å². The van der Waals surface area contributed by atoms with Crippen LogP contribution in [0.25, 0.3) is 0 Å². The van der Waals surface area contributed by atoms with Crippen molar-refractivity contribution in [2.24, 2.45) is 5.92 Å². The van der Waals surface area contributed by atoms with Gasteiger partial charge >= 0.3 is 0 Å². The van der Waals surface area contributed by atoms with Gasteiger partial charge in [-0.2, -0.15) is 4.31 Å². The van der Waals surface area contributed by atoms with Gasteiger partial charge in [0, 0.05) is 23.9 Å². The molecule has 28 heavy (non-hydrogen) atoms. The number of carbonyl (C=O) groups is 1. The number of thioether (sulfide) groups is 1. The lowest BCUT2D eigenvalue weighted by Gasteiger charge is -2.30. The van der Waals surface area contributed by atoms with Gasteiger partial charge in [0.2, 0.25) is 15.9 Å². The van der Waals surface area contributed by atoms with Crippen molar-refractivity contribution in [2.75, 3.05) is 24.7 Å². The molecule has 9 heteroatoms. The third-order valence-corrected chi connectivity index (χ3v) is 7.39. The fourth-order valence-electron chi connectivity index (χ4n) is 3.10. The minimum atomic E-state index is -3.64. The molecule has 1 aliphatic rings. The Bertz CT molecular complexity index is 937. The molecule has 150 valence electrons. The summed E-state index contributed by atoms with van der Waals surface area (Å²) in [6.45, 7) is 0.342. The molecular weight excluding hydrogens is 406 g/mol. The van der Waals surface area contributed by atoms with Crippen LogP contribution in [-0.4, -0.2) is 38.0 Å². The second kappa shape index (κ2) is 8.59. The number of para-hydroxylation sites is 1. The Hall–Kier alpha value is -1.97. The number of nitrogens with one attached hydrogen (secondary N) is 1. The summed E-state index contributed by atoms with van der Waals surface area (Å²) >= 11 is 1.52. The van der Waals surface area contributed by atoms with Crippen molar-refractivity contribution >= 4 is 33.4 Å². The number of hydrogen-bond donors (Lipinski definition) is 1. The van der Waals surface area contributed by atoms with E-state index in [0.29, 0.717) is 0 Å². The monoisotopic (exact) mass is 426 g/mol. The highest BCUT2D eigenvalue weighted by Crippen LogP contribution is 2.27. The van der Waals surface area contributed by atoms with Crippen molar-refractivity contribution in [3.63, 3.8) is 0 Å². The lowest BCUT2D eigenvalue weighted by molar-refractivity contribution is -0.121. The fourth-order valence-corrected chi connectivity index (χ4v) is 4.98. The first-order chi connectivity index (χ1) is 13.3. The molecule has 0 atom stereocenters. The molecule has 2 aromatic carbocycles. The minimum Gasteiger partial charge on any atom is -0.321 e. The maximum atomic E-state index is 13.7. The normalized spacial score (nSPS) is 16.1. The van der Waals surface area contributed by atoms with E-state index in [9.17, 15) is 22.0 Å². The maximum Gasteiger partial charge on any atom is 0.243 e. The smallest absolute Gasteiger partial charge is 0.243 e. The molecule has 0 aromatic heterocycles. The Balaban J connectivity index is 1.64. The van der Waals surface area contributed by atoms with E-state index in [0.717, 1.165) is 17.0 Å². The molecule has 0 radical (unpaired) electrons. The Morgan fingerprint density at radius 2 is 1.64 bits per heavy atom. The predicted octanol–water partition coefficient (Wildman–Crippen LogP) is 3.73. The van der Waals surface area contributed by atoms with Crippen LogP contribution in [0.2, 0.25) is 0 Å². The van der Waals surface area contributed by atoms with E-state index < -0.39 is 39.2 Å². The SMILES string of the molecule is CSc1ccc(S(=O)(=O)N2CCC(C(=O)Nc3c(F)cccc3F)CC2)cc1. The van der Waals surface area contributed by atoms with Gasteiger partial charge in [-0.1, -0.05) is 6.07 Å². The van der Waals surface area contributed by atoms with Crippen LogP contribution < -0.4 is 5.32 Å². The Labute approximate surface area is 167 Å². The van der Waals surface area contributed by atoms with E-state index >= 15 is 0 Å². The van der Waals surface area contributed by atoms with Gasteiger partial charge in [-0.15, -0.1) is 11.8 Å². The molecule has 0 spiro atoms. The van der Waals surface area contributed by atoms with Crippen molar-refractivity contribution in [1.29, 1.82) is 0 Å². The van der Waals surface area contributed by atoms with Crippen molar-refractivity contribution in [3.05, 3.63) is 54.1 Å². The summed E-state index contributed by atoms with van der Waals surface area (Å²) in [6, 6.07) is 9.99. The summed E-state index contributed by atoms with van der Waals surface area (Å²) in [5.41, 5.74) is -0.476. The number of carbonyl (C=O) groups excluding carboxylic acids is 1. The van der Waals surface area contributed by atoms with E-state index in [-0.39, 0.29) is 30.8 Å². The molecule has 1 saturated heterocycles. The second-order valence-electron chi connectivity index (χ2n) is 6.44. The number of piperidine rings is 1. The van der Waals surface area contributed by atoms with Crippen molar-refractivity contribution in [2.45, 2.75) is 22.6 Å². The van der Waals surface area contributed by atoms with Crippen molar-refractivity contribution < 1.29 is 22.0 Å². The number of nitrogens with zero attached hydrogens (tertiary/aromatic N) is 1. The molecule has 0 unspecified atom stereocenters. The number of amides is 1. The second-order valence-corrected chi connectivity index (χ2v) is 9.26. The zero-order valence-corrected chi connectivity index (χ0v) is 16.8. The number of halogens is 2. The van der Waals surface area contributed by atoms with Crippen LogP contribution in [0.1, 0.15) is 12.8 Å². The van der Waals surface area contributed by atoms with E-state index in [4.69, 9.17) is 0 Å². The molecule has 1 N–H and O–H groups in total. The summed E-state index contributed by atoms with van der Waals surface area (Å²) in [4.78, 5) is 13.5. The maximum absolute atomic E-state index is 13.7. The molecular formula is C19H20F2N2O3S2. The van der Waals surface area contributed by atoms with Crippen molar-refractivity contribution in [3.8, 4) is 0 Å². The highest BCUT2D eigenvalue weighted by atomic mass is 32.2. The predicted molar refractivity (Wildman–Crippen MR) is 105 cm³/mol. The number of hydrogen-bond acceptors (Lipinski definition) is 4. The quantitative estimate of drug-likeness (QED) is 0.740. The first-order valence-corrected chi connectivity index (χ1v) is 11.4. The Kier molecular flexibility index (Phi) is 6.36. The third kappa shape index (κ3) is 4.37. The van der Waals surface area contributed by atoms with Crippen LogP contribution in [-0.2, 0) is 14.8 Å². The van der Waals surface area contributed by atoms with Gasteiger partial charge in [-0.25, -0.2) is 17.2 Å². The van der Waals surface area contributed by atoms with E-state index in [2.05, 4.69) is 5.32 Å². The van der Waals surface area contributed by atoms with Gasteiger partial charge in [-0.05, 0) is 55.5 Å². The zero-order valence-electron chi connectivity index (χ0n) is 15.2. The van der Waals surface area contributed by atoms with Crippen LogP contribution in [0.5, 0.6) is 0 Å². The first kappa shape index (κ1) is 20.8. The number of sulfonamides is 1. The summed E-state index contributed by atoms with van der Waals surface area (Å²) in [5.74, 6) is -2.71. The fraction of sp³-hybridized carbons (Fsp3) is 0.316. The molecule has 5 nitrogen and oxygen atoms in total. The topological polar surface area (TPSA) is 66.5 Å². The van der Waals surface area contributed by atoms with Crippen LogP contribution in [0.4, 0.5) is 14.5 Å². The number of benzene rings is 2. The molecule has 1 heterocycles. The Morgan fingerprint density at radius 1 is 1.07 bits per heavy atom. The summed E-state index contributed by atoms with van der Waals surface area (Å²) < 4.78 is 54.3. The highest BCUT2D eigenvalue weighted by molar-refractivity contribution is 7.98. The average Bonchev–Trinajstić information content (AvgIpc) is 2.71. The number of rotatable bonds is 5. The molecule has 1 fully saturated rings. The standard InChI is InChI=1S/C19H20F2N2O3S2/c1-27-14-5-7-15(8-6-14)28(25,26)23-11-9-13(10-12-23)19(24)22-18-16(20)3-2-4-17(18)21/h2-8,13H,9-12H2,1H3,(H,22,24). The van der Waals surface area contributed by atoms with Crippen LogP contribution >= 0.6 is 11.8 Å². The van der Waals surface area contributed by atoms with Gasteiger partial charge in [0.25, 0.3) is 0 Å².